The minimum atomic E-state index is -0.150. The summed E-state index contributed by atoms with van der Waals surface area (Å²) in [5, 5.41) is 7.07. The molecule has 0 radical (unpaired) electrons. The van der Waals surface area contributed by atoms with Crippen LogP contribution in [0.15, 0.2) is 78.9 Å². The van der Waals surface area contributed by atoms with Crippen molar-refractivity contribution in [1.82, 2.24) is 4.98 Å². The number of amides is 1. The summed E-state index contributed by atoms with van der Waals surface area (Å²) < 4.78 is 5.48. The van der Waals surface area contributed by atoms with Crippen molar-refractivity contribution < 1.29 is 9.53 Å². The fraction of sp³-hybridized carbons (Fsp3) is 0.0435. The molecule has 142 valence electrons. The predicted molar refractivity (Wildman–Crippen MR) is 117 cm³/mol. The molecule has 2 heterocycles. The van der Waals surface area contributed by atoms with E-state index in [9.17, 15) is 4.79 Å². The largest absolute Gasteiger partial charge is 0.482 e. The average Bonchev–Trinajstić information content (AvgIpc) is 3.18. The Labute approximate surface area is 172 Å². The van der Waals surface area contributed by atoms with Crippen LogP contribution >= 0.6 is 11.3 Å². The van der Waals surface area contributed by atoms with Crippen LogP contribution in [0.25, 0.3) is 21.7 Å². The van der Waals surface area contributed by atoms with Crippen LogP contribution in [0.2, 0.25) is 0 Å². The van der Waals surface area contributed by atoms with Gasteiger partial charge in [0.2, 0.25) is 0 Å². The lowest BCUT2D eigenvalue weighted by atomic mass is 10.1. The second-order valence-corrected chi connectivity index (χ2v) is 7.60. The van der Waals surface area contributed by atoms with E-state index in [1.165, 1.54) is 0 Å². The molecule has 0 saturated heterocycles. The maximum absolute atomic E-state index is 11.7. The van der Waals surface area contributed by atoms with Gasteiger partial charge in [-0.3, -0.25) is 4.79 Å². The van der Waals surface area contributed by atoms with E-state index in [1.54, 1.807) is 11.3 Å². The molecule has 1 aliphatic heterocycles. The lowest BCUT2D eigenvalue weighted by molar-refractivity contribution is -0.118. The van der Waals surface area contributed by atoms with Gasteiger partial charge in [-0.2, -0.15) is 0 Å². The number of aromatic nitrogens is 1. The Morgan fingerprint density at radius 1 is 0.931 bits per heavy atom. The molecule has 0 fully saturated rings. The zero-order valence-corrected chi connectivity index (χ0v) is 16.2. The third kappa shape index (κ3) is 3.58. The number of para-hydroxylation sites is 1. The zero-order chi connectivity index (χ0) is 19.6. The summed E-state index contributed by atoms with van der Waals surface area (Å²) in [5.41, 5.74) is 4.54. The van der Waals surface area contributed by atoms with Crippen LogP contribution in [-0.4, -0.2) is 17.5 Å². The number of ether oxygens (including phenoxy) is 1. The van der Waals surface area contributed by atoms with Crippen LogP contribution < -0.4 is 15.4 Å². The lowest BCUT2D eigenvalue weighted by Gasteiger charge is -2.18. The van der Waals surface area contributed by atoms with E-state index in [1.807, 2.05) is 66.7 Å². The van der Waals surface area contributed by atoms with Crippen molar-refractivity contribution in [2.75, 3.05) is 17.2 Å². The molecule has 4 aromatic rings. The van der Waals surface area contributed by atoms with Crippen LogP contribution in [0.3, 0.4) is 0 Å². The molecular weight excluding hydrogens is 382 g/mol. The van der Waals surface area contributed by atoms with Crippen LogP contribution in [0.5, 0.6) is 5.75 Å². The zero-order valence-electron chi connectivity index (χ0n) is 15.4. The number of anilines is 3. The van der Waals surface area contributed by atoms with Crippen molar-refractivity contribution in [1.29, 1.82) is 0 Å². The fourth-order valence-electron chi connectivity index (χ4n) is 3.23. The van der Waals surface area contributed by atoms with Gasteiger partial charge in [0.05, 0.1) is 16.3 Å². The molecule has 0 spiro atoms. The number of carbonyl (C=O) groups excluding carboxylic acids is 1. The first-order valence-corrected chi connectivity index (χ1v) is 10.0. The average molecular weight is 399 g/mol. The Bertz CT molecular complexity index is 1170. The third-order valence-corrected chi connectivity index (χ3v) is 5.59. The number of carbonyl (C=O) groups is 1. The molecule has 1 aromatic heterocycles. The molecule has 3 aromatic carbocycles. The summed E-state index contributed by atoms with van der Waals surface area (Å²) in [6.07, 6.45) is 0. The van der Waals surface area contributed by atoms with Crippen LogP contribution in [0.1, 0.15) is 0 Å². The standard InChI is InChI=1S/C23H17N3O2S/c27-20-14-28-19-12-11-16(13-18(19)25-20)21-22(15-7-3-1-4-8-15)29-23(26-21)24-17-9-5-2-6-10-17/h1-13H,14H2,(H,24,26)(H,25,27). The highest BCUT2D eigenvalue weighted by Crippen LogP contribution is 2.42. The van der Waals surface area contributed by atoms with Gasteiger partial charge in [-0.1, -0.05) is 59.9 Å². The minimum Gasteiger partial charge on any atom is -0.482 e. The molecule has 2 N–H and O–H groups in total. The molecule has 1 amide bonds. The van der Waals surface area contributed by atoms with Gasteiger partial charge < -0.3 is 15.4 Å². The Hall–Kier alpha value is -3.64. The summed E-state index contributed by atoms with van der Waals surface area (Å²) in [7, 11) is 0. The Kier molecular flexibility index (Phi) is 4.46. The lowest BCUT2D eigenvalue weighted by Crippen LogP contribution is -2.25. The first kappa shape index (κ1) is 17.5. The molecule has 0 saturated carbocycles. The molecular formula is C23H17N3O2S. The number of hydrogen-bond donors (Lipinski definition) is 2. The van der Waals surface area contributed by atoms with E-state index in [2.05, 4.69) is 22.8 Å². The van der Waals surface area contributed by atoms with Gasteiger partial charge in [0.1, 0.15) is 5.75 Å². The number of rotatable bonds is 4. The van der Waals surface area contributed by atoms with Crippen molar-refractivity contribution in [3.05, 3.63) is 78.9 Å². The molecule has 6 heteroatoms. The Morgan fingerprint density at radius 3 is 2.48 bits per heavy atom. The van der Waals surface area contributed by atoms with E-state index in [0.29, 0.717) is 11.4 Å². The maximum atomic E-state index is 11.7. The topological polar surface area (TPSA) is 63.2 Å². The summed E-state index contributed by atoms with van der Waals surface area (Å²) in [6, 6.07) is 25.9. The van der Waals surface area contributed by atoms with Gasteiger partial charge in [0.25, 0.3) is 5.91 Å². The Balaban J connectivity index is 1.59. The molecule has 0 atom stereocenters. The van der Waals surface area contributed by atoms with Crippen molar-refractivity contribution in [2.24, 2.45) is 0 Å². The molecule has 5 rings (SSSR count). The second-order valence-electron chi connectivity index (χ2n) is 6.60. The van der Waals surface area contributed by atoms with Crippen molar-refractivity contribution in [3.63, 3.8) is 0 Å². The van der Waals surface area contributed by atoms with Gasteiger partial charge in [0.15, 0.2) is 11.7 Å². The number of nitrogens with one attached hydrogen (secondary N) is 2. The number of thiazole rings is 1. The monoisotopic (exact) mass is 399 g/mol. The third-order valence-electron chi connectivity index (χ3n) is 4.57. The van der Waals surface area contributed by atoms with Crippen LogP contribution in [-0.2, 0) is 4.79 Å². The highest BCUT2D eigenvalue weighted by molar-refractivity contribution is 7.19. The molecule has 29 heavy (non-hydrogen) atoms. The van der Waals surface area contributed by atoms with E-state index >= 15 is 0 Å². The quantitative estimate of drug-likeness (QED) is 0.472. The minimum absolute atomic E-state index is 0.0451. The van der Waals surface area contributed by atoms with Crippen molar-refractivity contribution >= 4 is 33.8 Å². The highest BCUT2D eigenvalue weighted by atomic mass is 32.1. The van der Waals surface area contributed by atoms with E-state index in [4.69, 9.17) is 9.72 Å². The van der Waals surface area contributed by atoms with E-state index in [-0.39, 0.29) is 12.5 Å². The first-order valence-electron chi connectivity index (χ1n) is 9.22. The van der Waals surface area contributed by atoms with Crippen molar-refractivity contribution in [2.45, 2.75) is 0 Å². The number of benzene rings is 3. The fourth-order valence-corrected chi connectivity index (χ4v) is 4.24. The smallest absolute Gasteiger partial charge is 0.262 e. The van der Waals surface area contributed by atoms with Crippen molar-refractivity contribution in [3.8, 4) is 27.4 Å². The summed E-state index contributed by atoms with van der Waals surface area (Å²) in [4.78, 5) is 17.6. The summed E-state index contributed by atoms with van der Waals surface area (Å²) in [5.74, 6) is 0.523. The van der Waals surface area contributed by atoms with Gasteiger partial charge in [0, 0.05) is 11.3 Å². The van der Waals surface area contributed by atoms with Gasteiger partial charge in [-0.05, 0) is 35.9 Å². The summed E-state index contributed by atoms with van der Waals surface area (Å²) in [6.45, 7) is 0.0451. The second kappa shape index (κ2) is 7.41. The van der Waals surface area contributed by atoms with E-state index in [0.717, 1.165) is 32.5 Å². The van der Waals surface area contributed by atoms with Gasteiger partial charge in [-0.25, -0.2) is 4.98 Å². The predicted octanol–water partition coefficient (Wildman–Crippen LogP) is 5.55. The highest BCUT2D eigenvalue weighted by Gasteiger charge is 2.20. The van der Waals surface area contributed by atoms with Crippen LogP contribution in [0, 0.1) is 0 Å². The maximum Gasteiger partial charge on any atom is 0.262 e. The van der Waals surface area contributed by atoms with Gasteiger partial charge >= 0.3 is 0 Å². The van der Waals surface area contributed by atoms with Gasteiger partial charge in [-0.15, -0.1) is 0 Å². The SMILES string of the molecule is O=C1COc2ccc(-c3nc(Nc4ccccc4)sc3-c3ccccc3)cc2N1. The number of hydrogen-bond acceptors (Lipinski definition) is 5. The molecule has 0 unspecified atom stereocenters. The molecule has 1 aliphatic rings. The molecule has 0 bridgehead atoms. The van der Waals surface area contributed by atoms with Crippen LogP contribution in [0.4, 0.5) is 16.5 Å². The number of fused-ring (bicyclic) bond motifs is 1. The molecule has 5 nitrogen and oxygen atoms in total. The number of nitrogens with zero attached hydrogens (tertiary/aromatic N) is 1. The Morgan fingerprint density at radius 2 is 1.69 bits per heavy atom. The molecule has 0 aliphatic carbocycles. The first-order chi connectivity index (χ1) is 14.3. The summed E-state index contributed by atoms with van der Waals surface area (Å²) >= 11 is 1.60. The normalized spacial score (nSPS) is 12.6. The van der Waals surface area contributed by atoms with E-state index < -0.39 is 0 Å².